The van der Waals surface area contributed by atoms with Crippen LogP contribution >= 0.6 is 0 Å². The van der Waals surface area contributed by atoms with E-state index >= 15 is 0 Å². The molecule has 0 aromatic heterocycles. The molecule has 0 saturated carbocycles. The summed E-state index contributed by atoms with van der Waals surface area (Å²) in [6, 6.07) is 5.22. The van der Waals surface area contributed by atoms with Crippen molar-refractivity contribution in [3.63, 3.8) is 0 Å². The van der Waals surface area contributed by atoms with E-state index < -0.39 is 6.10 Å². The van der Waals surface area contributed by atoms with Gasteiger partial charge in [-0.15, -0.1) is 0 Å². The Balaban J connectivity index is 2.76. The topological polar surface area (TPSA) is 108 Å². The molecule has 0 aliphatic heterocycles. The van der Waals surface area contributed by atoms with Crippen molar-refractivity contribution in [3.8, 4) is 0 Å². The van der Waals surface area contributed by atoms with Crippen molar-refractivity contribution >= 4 is 23.4 Å². The largest absolute Gasteiger partial charge is 0.399 e. The summed E-state index contributed by atoms with van der Waals surface area (Å²) in [7, 11) is 0. The van der Waals surface area contributed by atoms with Crippen molar-refractivity contribution in [1.29, 1.82) is 0 Å². The van der Waals surface area contributed by atoms with Crippen LogP contribution in [-0.4, -0.2) is 41.9 Å². The molecule has 1 aromatic rings. The molecule has 1 aromatic carbocycles. The number of hydrogen-bond donors (Lipinski definition) is 5. The summed E-state index contributed by atoms with van der Waals surface area (Å²) in [6.07, 6.45) is 3.14. The molecule has 1 rings (SSSR count). The fraction of sp³-hybridized carbons (Fsp3) is 0.400. The van der Waals surface area contributed by atoms with E-state index in [1.54, 1.807) is 24.3 Å². The average Bonchev–Trinajstić information content (AvgIpc) is 2.49. The Morgan fingerprint density at radius 2 is 2.24 bits per heavy atom. The van der Waals surface area contributed by atoms with Gasteiger partial charge in [-0.25, -0.2) is 0 Å². The lowest BCUT2D eigenvalue weighted by molar-refractivity contribution is -0.116. The van der Waals surface area contributed by atoms with Gasteiger partial charge in [0.2, 0.25) is 5.91 Å². The Morgan fingerprint density at radius 3 is 2.90 bits per heavy atom. The second kappa shape index (κ2) is 8.99. The van der Waals surface area contributed by atoms with E-state index in [0.717, 1.165) is 17.7 Å². The molecular formula is C15H23N3O3. The molecular weight excluding hydrogens is 270 g/mol. The van der Waals surface area contributed by atoms with Gasteiger partial charge in [0.05, 0.1) is 12.7 Å². The predicted molar refractivity (Wildman–Crippen MR) is 84.8 cm³/mol. The molecule has 6 N–H and O–H groups in total. The Bertz CT molecular complexity index is 489. The number of nitrogen functional groups attached to an aromatic ring is 1. The number of aliphatic hydroxyl groups excluding tert-OH is 2. The van der Waals surface area contributed by atoms with Crippen molar-refractivity contribution in [2.24, 2.45) is 0 Å². The lowest BCUT2D eigenvalue weighted by Gasteiger charge is -2.13. The van der Waals surface area contributed by atoms with Crippen molar-refractivity contribution in [2.45, 2.75) is 19.4 Å². The van der Waals surface area contributed by atoms with Crippen LogP contribution in [-0.2, 0) is 4.79 Å². The van der Waals surface area contributed by atoms with Gasteiger partial charge in [-0.1, -0.05) is 6.92 Å². The number of nitrogens with one attached hydrogen (secondary N) is 2. The normalized spacial score (nSPS) is 12.3. The molecule has 0 bridgehead atoms. The van der Waals surface area contributed by atoms with Crippen LogP contribution in [0.5, 0.6) is 0 Å². The predicted octanol–water partition coefficient (Wildman–Crippen LogP) is 0.573. The molecule has 0 aliphatic carbocycles. The Morgan fingerprint density at radius 1 is 1.48 bits per heavy atom. The van der Waals surface area contributed by atoms with Gasteiger partial charge < -0.3 is 26.6 Å². The molecule has 0 heterocycles. The van der Waals surface area contributed by atoms with Gasteiger partial charge in [0.25, 0.3) is 0 Å². The summed E-state index contributed by atoms with van der Waals surface area (Å²) >= 11 is 0. The number of carbonyl (C=O) groups is 1. The van der Waals surface area contributed by atoms with Gasteiger partial charge in [-0.2, -0.15) is 0 Å². The van der Waals surface area contributed by atoms with Crippen LogP contribution in [0.3, 0.4) is 0 Å². The van der Waals surface area contributed by atoms with Crippen LogP contribution in [0.15, 0.2) is 24.3 Å². The molecule has 0 radical (unpaired) electrons. The van der Waals surface area contributed by atoms with E-state index in [1.165, 1.54) is 6.08 Å². The summed E-state index contributed by atoms with van der Waals surface area (Å²) in [5.41, 5.74) is 7.80. The number of hydrogen-bond acceptors (Lipinski definition) is 5. The lowest BCUT2D eigenvalue weighted by Crippen LogP contribution is -2.23. The smallest absolute Gasteiger partial charge is 0.244 e. The minimum Gasteiger partial charge on any atom is -0.399 e. The van der Waals surface area contributed by atoms with E-state index in [-0.39, 0.29) is 19.1 Å². The highest BCUT2D eigenvalue weighted by atomic mass is 16.3. The van der Waals surface area contributed by atoms with Gasteiger partial charge in [-0.05, 0) is 36.3 Å². The molecule has 1 amide bonds. The third-order valence-electron chi connectivity index (χ3n) is 2.78. The SMILES string of the molecule is CCCNC(=O)C=Cc1cc(N)ccc1NCC(O)CO. The number of carbonyl (C=O) groups excluding carboxylic acids is 1. The van der Waals surface area contributed by atoms with Crippen LogP contribution in [0, 0.1) is 0 Å². The van der Waals surface area contributed by atoms with E-state index in [9.17, 15) is 9.90 Å². The molecule has 116 valence electrons. The van der Waals surface area contributed by atoms with E-state index in [1.807, 2.05) is 6.92 Å². The average molecular weight is 293 g/mol. The number of amides is 1. The fourth-order valence-corrected chi connectivity index (χ4v) is 1.64. The van der Waals surface area contributed by atoms with Crippen molar-refractivity contribution in [1.82, 2.24) is 5.32 Å². The first-order chi connectivity index (χ1) is 10.1. The highest BCUT2D eigenvalue weighted by Gasteiger charge is 2.05. The van der Waals surface area contributed by atoms with Crippen molar-refractivity contribution in [2.75, 3.05) is 30.7 Å². The minimum atomic E-state index is -0.841. The van der Waals surface area contributed by atoms with Crippen LogP contribution in [0.4, 0.5) is 11.4 Å². The molecule has 6 nitrogen and oxygen atoms in total. The number of aliphatic hydroxyl groups is 2. The Labute approximate surface area is 124 Å². The first kappa shape index (κ1) is 17.0. The lowest BCUT2D eigenvalue weighted by atomic mass is 10.1. The zero-order chi connectivity index (χ0) is 15.7. The van der Waals surface area contributed by atoms with E-state index in [2.05, 4.69) is 10.6 Å². The summed E-state index contributed by atoms with van der Waals surface area (Å²) in [6.45, 7) is 2.51. The van der Waals surface area contributed by atoms with Crippen LogP contribution in [0.2, 0.25) is 0 Å². The molecule has 0 fully saturated rings. The third kappa shape index (κ3) is 6.29. The van der Waals surface area contributed by atoms with E-state index in [4.69, 9.17) is 10.8 Å². The van der Waals surface area contributed by atoms with Gasteiger partial charge in [0.1, 0.15) is 0 Å². The zero-order valence-electron chi connectivity index (χ0n) is 12.2. The number of benzene rings is 1. The van der Waals surface area contributed by atoms with Crippen molar-refractivity contribution < 1.29 is 15.0 Å². The summed E-state index contributed by atoms with van der Waals surface area (Å²) < 4.78 is 0. The van der Waals surface area contributed by atoms with Crippen LogP contribution in [0.1, 0.15) is 18.9 Å². The minimum absolute atomic E-state index is 0.166. The Hall–Kier alpha value is -2.05. The molecule has 1 unspecified atom stereocenters. The highest BCUT2D eigenvalue weighted by molar-refractivity contribution is 5.92. The third-order valence-corrected chi connectivity index (χ3v) is 2.78. The van der Waals surface area contributed by atoms with Gasteiger partial charge in [-0.3, -0.25) is 4.79 Å². The van der Waals surface area contributed by atoms with Gasteiger partial charge >= 0.3 is 0 Å². The second-order valence-corrected chi connectivity index (χ2v) is 4.69. The molecule has 1 atom stereocenters. The van der Waals surface area contributed by atoms with Crippen LogP contribution in [0.25, 0.3) is 6.08 Å². The summed E-state index contributed by atoms with van der Waals surface area (Å²) in [5.74, 6) is -0.166. The number of anilines is 2. The maximum atomic E-state index is 11.6. The maximum Gasteiger partial charge on any atom is 0.244 e. The highest BCUT2D eigenvalue weighted by Crippen LogP contribution is 2.20. The second-order valence-electron chi connectivity index (χ2n) is 4.69. The molecule has 6 heteroatoms. The first-order valence-electron chi connectivity index (χ1n) is 6.95. The molecule has 21 heavy (non-hydrogen) atoms. The zero-order valence-corrected chi connectivity index (χ0v) is 12.2. The maximum absolute atomic E-state index is 11.6. The first-order valence-corrected chi connectivity index (χ1v) is 6.95. The summed E-state index contributed by atoms with van der Waals surface area (Å²) in [5, 5.41) is 23.9. The molecule has 0 saturated heterocycles. The van der Waals surface area contributed by atoms with Gasteiger partial charge in [0.15, 0.2) is 0 Å². The monoisotopic (exact) mass is 293 g/mol. The number of nitrogens with two attached hydrogens (primary N) is 1. The standard InChI is InChI=1S/C15H23N3O3/c1-2-7-17-15(21)6-3-11-8-12(16)4-5-14(11)18-9-13(20)10-19/h3-6,8,13,18-20H,2,7,9-10,16H2,1H3,(H,17,21). The fourth-order valence-electron chi connectivity index (χ4n) is 1.64. The van der Waals surface area contributed by atoms with Gasteiger partial charge in [0, 0.05) is 30.5 Å². The number of rotatable bonds is 8. The summed E-state index contributed by atoms with van der Waals surface area (Å²) in [4.78, 5) is 11.6. The van der Waals surface area contributed by atoms with Crippen LogP contribution < -0.4 is 16.4 Å². The molecule has 0 aliphatic rings. The van der Waals surface area contributed by atoms with Crippen molar-refractivity contribution in [3.05, 3.63) is 29.8 Å². The van der Waals surface area contributed by atoms with E-state index in [0.29, 0.717) is 12.2 Å². The quantitative estimate of drug-likeness (QED) is 0.356. The Kier molecular flexibility index (Phi) is 7.28. The molecule has 0 spiro atoms.